The Balaban J connectivity index is 2.33. The van der Waals surface area contributed by atoms with Gasteiger partial charge < -0.3 is 0 Å². The number of hydrogen-bond acceptors (Lipinski definition) is 4. The van der Waals surface area contributed by atoms with Gasteiger partial charge in [-0.25, -0.2) is 26.4 Å². The molecule has 0 aliphatic carbocycles. The third-order valence-corrected chi connectivity index (χ3v) is 5.45. The molecule has 0 radical (unpaired) electrons. The van der Waals surface area contributed by atoms with Crippen LogP contribution in [0.5, 0.6) is 0 Å². The lowest BCUT2D eigenvalue weighted by Gasteiger charge is -2.10. The Kier molecular flexibility index (Phi) is 4.73. The van der Waals surface area contributed by atoms with Gasteiger partial charge in [0.15, 0.2) is 0 Å². The summed E-state index contributed by atoms with van der Waals surface area (Å²) in [4.78, 5) is -0.463. The predicted molar refractivity (Wildman–Crippen MR) is 84.4 cm³/mol. The van der Waals surface area contributed by atoms with E-state index in [1.807, 2.05) is 6.92 Å². The maximum absolute atomic E-state index is 13.9. The first-order valence-electron chi connectivity index (χ1n) is 6.57. The van der Waals surface area contributed by atoms with E-state index in [1.165, 1.54) is 12.1 Å². The van der Waals surface area contributed by atoms with Crippen molar-refractivity contribution in [3.05, 3.63) is 53.8 Å². The molecule has 0 unspecified atom stereocenters. The van der Waals surface area contributed by atoms with Gasteiger partial charge in [0, 0.05) is 0 Å². The Hall–Kier alpha value is -1.97. The fourth-order valence-electron chi connectivity index (χ4n) is 1.86. The highest BCUT2D eigenvalue weighted by Crippen LogP contribution is 2.22. The molecule has 0 atom stereocenters. The summed E-state index contributed by atoms with van der Waals surface area (Å²) < 4.78 is 62.7. The van der Waals surface area contributed by atoms with Crippen LogP contribution in [0.4, 0.5) is 10.1 Å². The minimum absolute atomic E-state index is 0.0235. The van der Waals surface area contributed by atoms with Crippen LogP contribution in [0, 0.1) is 5.82 Å². The fourth-order valence-corrected chi connectivity index (χ4v) is 3.46. The first-order valence-corrected chi connectivity index (χ1v) is 9.60. The van der Waals surface area contributed by atoms with Gasteiger partial charge in [0.1, 0.15) is 5.82 Å². The molecule has 6 nitrogen and oxygen atoms in total. The van der Waals surface area contributed by atoms with Crippen LogP contribution in [0.1, 0.15) is 12.5 Å². The molecule has 0 spiro atoms. The summed E-state index contributed by atoms with van der Waals surface area (Å²) in [5, 5.41) is 4.89. The van der Waals surface area contributed by atoms with Crippen LogP contribution in [0.2, 0.25) is 0 Å². The number of halogens is 1. The maximum Gasteiger partial charge on any atom is 0.261 e. The van der Waals surface area contributed by atoms with E-state index in [-0.39, 0.29) is 10.6 Å². The lowest BCUT2D eigenvalue weighted by molar-refractivity contribution is 0.592. The van der Waals surface area contributed by atoms with Crippen molar-refractivity contribution in [1.82, 2.24) is 0 Å². The highest BCUT2D eigenvalue weighted by Gasteiger charge is 2.18. The van der Waals surface area contributed by atoms with Crippen molar-refractivity contribution in [2.45, 2.75) is 23.1 Å². The van der Waals surface area contributed by atoms with Crippen molar-refractivity contribution < 1.29 is 21.2 Å². The van der Waals surface area contributed by atoms with Crippen molar-refractivity contribution in [2.75, 3.05) is 4.72 Å². The molecule has 0 bridgehead atoms. The zero-order valence-corrected chi connectivity index (χ0v) is 13.8. The Bertz CT molecular complexity index is 924. The van der Waals surface area contributed by atoms with Gasteiger partial charge in [-0.05, 0) is 42.3 Å². The average molecular weight is 358 g/mol. The summed E-state index contributed by atoms with van der Waals surface area (Å²) in [6.45, 7) is 1.93. The Morgan fingerprint density at radius 3 is 2.04 bits per heavy atom. The molecule has 0 saturated heterocycles. The van der Waals surface area contributed by atoms with Crippen LogP contribution >= 0.6 is 0 Å². The number of nitrogens with two attached hydrogens (primary N) is 1. The Morgan fingerprint density at radius 1 is 1.00 bits per heavy atom. The molecular formula is C14H15FN2O4S2. The molecule has 0 amide bonds. The van der Waals surface area contributed by atoms with E-state index in [2.05, 4.69) is 4.72 Å². The SMILES string of the molecule is CCc1ccc(S(=O)(=O)Nc2ccc(S(N)(=O)=O)cc2F)cc1. The first-order chi connectivity index (χ1) is 10.6. The van der Waals surface area contributed by atoms with E-state index in [0.29, 0.717) is 6.07 Å². The zero-order valence-electron chi connectivity index (χ0n) is 12.2. The van der Waals surface area contributed by atoms with Crippen LogP contribution in [-0.4, -0.2) is 16.8 Å². The lowest BCUT2D eigenvalue weighted by atomic mass is 10.2. The molecule has 0 heterocycles. The third kappa shape index (κ3) is 4.06. The molecule has 0 aliphatic heterocycles. The quantitative estimate of drug-likeness (QED) is 0.850. The number of rotatable bonds is 5. The summed E-state index contributed by atoms with van der Waals surface area (Å²) in [5.74, 6) is -1.04. The standard InChI is InChI=1S/C14H15FN2O4S2/c1-2-10-3-5-11(6-4-10)23(20,21)17-14-8-7-12(9-13(14)15)22(16,18)19/h3-9,17H,2H2,1H3,(H2,16,18,19). The fraction of sp³-hybridized carbons (Fsp3) is 0.143. The van der Waals surface area contributed by atoms with Crippen molar-refractivity contribution >= 4 is 25.7 Å². The molecule has 2 rings (SSSR count). The molecule has 0 aromatic heterocycles. The monoisotopic (exact) mass is 358 g/mol. The van der Waals surface area contributed by atoms with Crippen molar-refractivity contribution in [2.24, 2.45) is 5.14 Å². The molecule has 124 valence electrons. The second-order valence-electron chi connectivity index (χ2n) is 4.79. The molecule has 3 N–H and O–H groups in total. The van der Waals surface area contributed by atoms with E-state index >= 15 is 0 Å². The third-order valence-electron chi connectivity index (χ3n) is 3.16. The normalized spacial score (nSPS) is 12.1. The molecular weight excluding hydrogens is 343 g/mol. The van der Waals surface area contributed by atoms with Crippen LogP contribution in [0.3, 0.4) is 0 Å². The second kappa shape index (κ2) is 6.26. The van der Waals surface area contributed by atoms with Gasteiger partial charge in [-0.1, -0.05) is 19.1 Å². The van der Waals surface area contributed by atoms with E-state index in [1.54, 1.807) is 12.1 Å². The summed E-state index contributed by atoms with van der Waals surface area (Å²) in [6, 6.07) is 8.84. The van der Waals surface area contributed by atoms with Gasteiger partial charge >= 0.3 is 0 Å². The number of anilines is 1. The van der Waals surface area contributed by atoms with Crippen LogP contribution < -0.4 is 9.86 Å². The van der Waals surface area contributed by atoms with Crippen LogP contribution in [0.25, 0.3) is 0 Å². The predicted octanol–water partition coefficient (Wildman–Crippen LogP) is 1.84. The Labute approximate surface area is 134 Å². The van der Waals surface area contributed by atoms with Gasteiger partial charge in [-0.2, -0.15) is 0 Å². The lowest BCUT2D eigenvalue weighted by Crippen LogP contribution is -2.15. The molecule has 0 fully saturated rings. The number of benzene rings is 2. The van der Waals surface area contributed by atoms with Crippen molar-refractivity contribution in [3.8, 4) is 0 Å². The van der Waals surface area contributed by atoms with Crippen LogP contribution in [-0.2, 0) is 26.5 Å². The largest absolute Gasteiger partial charge is 0.277 e. The van der Waals surface area contributed by atoms with E-state index < -0.39 is 30.8 Å². The van der Waals surface area contributed by atoms with E-state index in [9.17, 15) is 21.2 Å². The highest BCUT2D eigenvalue weighted by molar-refractivity contribution is 7.92. The number of hydrogen-bond donors (Lipinski definition) is 2. The minimum atomic E-state index is -4.06. The van der Waals surface area contributed by atoms with Gasteiger partial charge in [-0.15, -0.1) is 0 Å². The van der Waals surface area contributed by atoms with Gasteiger partial charge in [0.2, 0.25) is 10.0 Å². The minimum Gasteiger partial charge on any atom is -0.277 e. The molecule has 23 heavy (non-hydrogen) atoms. The molecule has 0 saturated carbocycles. The molecule has 2 aromatic rings. The highest BCUT2D eigenvalue weighted by atomic mass is 32.2. The van der Waals surface area contributed by atoms with Crippen LogP contribution in [0.15, 0.2) is 52.3 Å². The summed E-state index contributed by atoms with van der Waals surface area (Å²) in [5.41, 5.74) is 0.601. The van der Waals surface area contributed by atoms with Gasteiger partial charge in [0.25, 0.3) is 10.0 Å². The van der Waals surface area contributed by atoms with Gasteiger partial charge in [0.05, 0.1) is 15.5 Å². The molecule has 9 heteroatoms. The summed E-state index contributed by atoms with van der Waals surface area (Å²) in [6.07, 6.45) is 0.761. The number of sulfonamides is 2. The molecule has 0 aliphatic rings. The summed E-state index contributed by atoms with van der Waals surface area (Å²) >= 11 is 0. The van der Waals surface area contributed by atoms with Crippen molar-refractivity contribution in [3.63, 3.8) is 0 Å². The number of nitrogens with one attached hydrogen (secondary N) is 1. The maximum atomic E-state index is 13.9. The van der Waals surface area contributed by atoms with Crippen molar-refractivity contribution in [1.29, 1.82) is 0 Å². The van der Waals surface area contributed by atoms with E-state index in [0.717, 1.165) is 24.1 Å². The smallest absolute Gasteiger partial charge is 0.261 e. The first kappa shape index (κ1) is 17.4. The second-order valence-corrected chi connectivity index (χ2v) is 8.03. The molecule has 2 aromatic carbocycles. The Morgan fingerprint density at radius 2 is 1.57 bits per heavy atom. The number of primary sulfonamides is 1. The summed E-state index contributed by atoms with van der Waals surface area (Å²) in [7, 11) is -8.04. The zero-order chi connectivity index (χ0) is 17.3. The van der Waals surface area contributed by atoms with E-state index in [4.69, 9.17) is 5.14 Å². The topological polar surface area (TPSA) is 106 Å². The number of aryl methyl sites for hydroxylation is 1. The average Bonchev–Trinajstić information content (AvgIpc) is 2.48. The van der Waals surface area contributed by atoms with Gasteiger partial charge in [-0.3, -0.25) is 4.72 Å².